The Kier molecular flexibility index (Phi) is 9.01. The van der Waals surface area contributed by atoms with E-state index in [0.29, 0.717) is 5.56 Å². The summed E-state index contributed by atoms with van der Waals surface area (Å²) >= 11 is 0. The lowest BCUT2D eigenvalue weighted by atomic mass is 10.0. The van der Waals surface area contributed by atoms with Gasteiger partial charge in [-0.3, -0.25) is 14.4 Å². The average Bonchev–Trinajstić information content (AvgIpc) is 3.57. The summed E-state index contributed by atoms with van der Waals surface area (Å²) in [6.07, 6.45) is 4.12. The summed E-state index contributed by atoms with van der Waals surface area (Å²) in [6.45, 7) is -0.0926. The molecule has 3 aromatic carbocycles. The van der Waals surface area contributed by atoms with Crippen molar-refractivity contribution >= 4 is 27.7 Å². The van der Waals surface area contributed by atoms with Crippen molar-refractivity contribution in [1.29, 1.82) is 0 Å². The van der Waals surface area contributed by atoms with Crippen molar-refractivity contribution in [3.8, 4) is 0 Å². The molecule has 0 saturated heterocycles. The summed E-state index contributed by atoms with van der Waals surface area (Å²) in [4.78, 5) is 41.9. The lowest BCUT2D eigenvalue weighted by Gasteiger charge is -2.32. The molecule has 1 atom stereocenters. The molecule has 0 aromatic heterocycles. The van der Waals surface area contributed by atoms with Crippen LogP contribution in [0.25, 0.3) is 0 Å². The summed E-state index contributed by atoms with van der Waals surface area (Å²) in [7, 11) is -3.99. The minimum Gasteiger partial charge on any atom is -0.352 e. The van der Waals surface area contributed by atoms with E-state index >= 15 is 0 Å². The molecule has 5 rings (SSSR count). The Morgan fingerprint density at radius 1 is 0.929 bits per heavy atom. The maximum absolute atomic E-state index is 13.8. The maximum Gasteiger partial charge on any atom is 0.269 e. The Labute approximate surface area is 245 Å². The summed E-state index contributed by atoms with van der Waals surface area (Å²) in [5.74, 6) is -1.63. The molecule has 42 heavy (non-hydrogen) atoms. The van der Waals surface area contributed by atoms with Gasteiger partial charge in [-0.2, -0.15) is 0 Å². The van der Waals surface area contributed by atoms with Crippen LogP contribution in [0, 0.1) is 5.82 Å². The van der Waals surface area contributed by atoms with Crippen molar-refractivity contribution in [2.24, 2.45) is 0 Å². The first-order chi connectivity index (χ1) is 20.2. The van der Waals surface area contributed by atoms with E-state index in [1.165, 1.54) is 29.2 Å². The van der Waals surface area contributed by atoms with Gasteiger partial charge in [0.2, 0.25) is 11.8 Å². The Bertz CT molecular complexity index is 1540. The molecule has 0 radical (unpaired) electrons. The number of fused-ring (bicyclic) bond motifs is 1. The van der Waals surface area contributed by atoms with Gasteiger partial charge in [-0.15, -0.1) is 0 Å². The van der Waals surface area contributed by atoms with Crippen molar-refractivity contribution < 1.29 is 27.2 Å². The van der Waals surface area contributed by atoms with Crippen molar-refractivity contribution in [2.45, 2.75) is 68.5 Å². The Balaban J connectivity index is 1.37. The third-order valence-corrected chi connectivity index (χ3v) is 9.74. The minimum atomic E-state index is -3.99. The molecule has 2 aliphatic rings. The molecule has 220 valence electrons. The average molecular weight is 592 g/mol. The molecule has 3 aromatic rings. The van der Waals surface area contributed by atoms with E-state index < -0.39 is 27.8 Å². The standard InChI is InChI=1S/C32H34FN3O5S/c33-25-18-16-24(17-19-25)22-35(28(21-23-9-2-1-3-10-23)31(38)34-26-11-4-5-12-26)30(37)15-8-20-36-32(39)27-13-6-7-14-29(27)42(36,40)41/h1-3,6-7,9-10,13-14,16-19,26,28H,4-5,8,11-12,15,20-22H2,(H,34,38). The number of sulfonamides is 1. The van der Waals surface area contributed by atoms with Crippen LogP contribution in [0.4, 0.5) is 4.39 Å². The molecule has 0 spiro atoms. The predicted octanol–water partition coefficient (Wildman–Crippen LogP) is 4.45. The number of nitrogens with zero attached hydrogens (tertiary/aromatic N) is 2. The van der Waals surface area contributed by atoms with E-state index in [1.807, 2.05) is 30.3 Å². The van der Waals surface area contributed by atoms with E-state index in [0.717, 1.165) is 35.6 Å². The van der Waals surface area contributed by atoms with Crippen LogP contribution < -0.4 is 5.32 Å². The largest absolute Gasteiger partial charge is 0.352 e. The number of carbonyl (C=O) groups is 3. The highest BCUT2D eigenvalue weighted by molar-refractivity contribution is 7.90. The maximum atomic E-state index is 13.8. The van der Waals surface area contributed by atoms with Gasteiger partial charge in [0.25, 0.3) is 15.9 Å². The Hall–Kier alpha value is -4.05. The molecular weight excluding hydrogens is 557 g/mol. The van der Waals surface area contributed by atoms with Crippen LogP contribution in [0.15, 0.2) is 83.8 Å². The predicted molar refractivity (Wildman–Crippen MR) is 155 cm³/mol. The third-order valence-electron chi connectivity index (χ3n) is 7.90. The first-order valence-electron chi connectivity index (χ1n) is 14.3. The van der Waals surface area contributed by atoms with Crippen molar-refractivity contribution in [1.82, 2.24) is 14.5 Å². The molecule has 0 bridgehead atoms. The van der Waals surface area contributed by atoms with Crippen LogP contribution in [-0.4, -0.2) is 54.0 Å². The molecule has 1 aliphatic heterocycles. The summed E-state index contributed by atoms with van der Waals surface area (Å²) < 4.78 is 40.4. The molecule has 1 N–H and O–H groups in total. The topological polar surface area (TPSA) is 104 Å². The number of hydrogen-bond acceptors (Lipinski definition) is 5. The second-order valence-corrected chi connectivity index (χ2v) is 12.7. The first kappa shape index (κ1) is 29.4. The van der Waals surface area contributed by atoms with Crippen molar-refractivity contribution in [3.63, 3.8) is 0 Å². The number of amides is 3. The lowest BCUT2D eigenvalue weighted by molar-refractivity contribution is -0.141. The third kappa shape index (κ3) is 6.54. The number of nitrogens with one attached hydrogen (secondary N) is 1. The van der Waals surface area contributed by atoms with Crippen LogP contribution in [-0.2, 0) is 32.6 Å². The van der Waals surface area contributed by atoms with Gasteiger partial charge in [-0.05, 0) is 54.7 Å². The number of carbonyl (C=O) groups excluding carboxylic acids is 3. The van der Waals surface area contributed by atoms with Gasteiger partial charge < -0.3 is 10.2 Å². The van der Waals surface area contributed by atoms with Crippen LogP contribution in [0.1, 0.15) is 60.0 Å². The zero-order chi connectivity index (χ0) is 29.7. The fourth-order valence-corrected chi connectivity index (χ4v) is 7.29. The van der Waals surface area contributed by atoms with Gasteiger partial charge in [-0.1, -0.05) is 67.4 Å². The van der Waals surface area contributed by atoms with Crippen LogP contribution in [0.5, 0.6) is 0 Å². The van der Waals surface area contributed by atoms with E-state index in [2.05, 4.69) is 5.32 Å². The molecule has 8 nitrogen and oxygen atoms in total. The zero-order valence-corrected chi connectivity index (χ0v) is 24.1. The van der Waals surface area contributed by atoms with Crippen molar-refractivity contribution in [3.05, 3.63) is 101 Å². The molecule has 10 heteroatoms. The summed E-state index contributed by atoms with van der Waals surface area (Å²) in [6, 6.07) is 20.5. The molecular formula is C32H34FN3O5S. The highest BCUT2D eigenvalue weighted by atomic mass is 32.2. The van der Waals surface area contributed by atoms with E-state index in [1.54, 1.807) is 24.3 Å². The summed E-state index contributed by atoms with van der Waals surface area (Å²) in [5, 5.41) is 3.13. The smallest absolute Gasteiger partial charge is 0.269 e. The highest BCUT2D eigenvalue weighted by Crippen LogP contribution is 2.30. The van der Waals surface area contributed by atoms with Crippen molar-refractivity contribution in [2.75, 3.05) is 6.54 Å². The quantitative estimate of drug-likeness (QED) is 0.355. The van der Waals surface area contributed by atoms with Gasteiger partial charge in [0.1, 0.15) is 16.8 Å². The van der Waals surface area contributed by atoms with E-state index in [-0.39, 0.29) is 60.7 Å². The number of hydrogen-bond donors (Lipinski definition) is 1. The van der Waals surface area contributed by atoms with E-state index in [4.69, 9.17) is 0 Å². The number of benzene rings is 3. The molecule has 1 fully saturated rings. The van der Waals surface area contributed by atoms with Gasteiger partial charge in [0.15, 0.2) is 0 Å². The molecule has 1 saturated carbocycles. The number of rotatable bonds is 11. The van der Waals surface area contributed by atoms with Gasteiger partial charge in [0.05, 0.1) is 5.56 Å². The second kappa shape index (κ2) is 12.9. The molecule has 3 amide bonds. The number of halogens is 1. The van der Waals surface area contributed by atoms with Crippen LogP contribution >= 0.6 is 0 Å². The van der Waals surface area contributed by atoms with E-state index in [9.17, 15) is 27.2 Å². The Morgan fingerprint density at radius 2 is 1.60 bits per heavy atom. The molecule has 1 unspecified atom stereocenters. The normalized spacial score (nSPS) is 16.7. The second-order valence-electron chi connectivity index (χ2n) is 10.8. The molecule has 1 aliphatic carbocycles. The van der Waals surface area contributed by atoms with Gasteiger partial charge in [-0.25, -0.2) is 17.1 Å². The van der Waals surface area contributed by atoms with Crippen LogP contribution in [0.3, 0.4) is 0 Å². The highest BCUT2D eigenvalue weighted by Gasteiger charge is 2.40. The van der Waals surface area contributed by atoms with Gasteiger partial charge >= 0.3 is 0 Å². The zero-order valence-electron chi connectivity index (χ0n) is 23.2. The first-order valence-corrected chi connectivity index (χ1v) is 15.7. The fraction of sp³-hybridized carbons (Fsp3) is 0.344. The summed E-state index contributed by atoms with van der Waals surface area (Å²) in [5.41, 5.74) is 1.66. The fourth-order valence-electron chi connectivity index (χ4n) is 5.68. The van der Waals surface area contributed by atoms with Gasteiger partial charge in [0, 0.05) is 32.0 Å². The molecule has 1 heterocycles. The SMILES string of the molecule is O=C(NC1CCCC1)C(Cc1ccccc1)N(Cc1ccc(F)cc1)C(=O)CCCN1C(=O)c2ccccc2S1(=O)=O. The Morgan fingerprint density at radius 3 is 2.29 bits per heavy atom. The minimum absolute atomic E-state index is 0.0363. The lowest BCUT2D eigenvalue weighted by Crippen LogP contribution is -2.52. The monoisotopic (exact) mass is 591 g/mol. The van der Waals surface area contributed by atoms with Crippen LogP contribution in [0.2, 0.25) is 0 Å².